The lowest BCUT2D eigenvalue weighted by atomic mass is 9.95. The van der Waals surface area contributed by atoms with Gasteiger partial charge >= 0.3 is 5.66 Å². The largest absolute Gasteiger partial charge is 0.493 e. The molecule has 0 atom stereocenters. The SMILES string of the molecule is [C-]#[N+]C1(NC(=O)C2CCN(c3ccnc4cc(OC)c(OC)cc34)CC2)CC1. The molecule has 0 radical (unpaired) electrons. The zero-order chi connectivity index (χ0) is 19.7. The van der Waals surface area contributed by atoms with Crippen LogP contribution in [-0.4, -0.2) is 43.9 Å². The summed E-state index contributed by atoms with van der Waals surface area (Å²) in [7, 11) is 3.24. The van der Waals surface area contributed by atoms with Crippen molar-refractivity contribution in [1.29, 1.82) is 0 Å². The van der Waals surface area contributed by atoms with Crippen molar-refractivity contribution >= 4 is 22.5 Å². The normalized spacial score (nSPS) is 18.4. The number of rotatable bonds is 5. The van der Waals surface area contributed by atoms with Crippen molar-refractivity contribution < 1.29 is 14.3 Å². The van der Waals surface area contributed by atoms with Gasteiger partial charge in [-0.3, -0.25) is 19.9 Å². The molecule has 4 rings (SSSR count). The van der Waals surface area contributed by atoms with Crippen molar-refractivity contribution in [2.75, 3.05) is 32.2 Å². The summed E-state index contributed by atoms with van der Waals surface area (Å²) in [4.78, 5) is 22.8. The van der Waals surface area contributed by atoms with Gasteiger partial charge in [0.25, 0.3) is 0 Å². The van der Waals surface area contributed by atoms with Gasteiger partial charge in [-0.1, -0.05) is 0 Å². The average molecular weight is 380 g/mol. The second-order valence-corrected chi connectivity index (χ2v) is 7.45. The summed E-state index contributed by atoms with van der Waals surface area (Å²) in [6.07, 6.45) is 4.90. The molecule has 28 heavy (non-hydrogen) atoms. The first kappa shape index (κ1) is 18.4. The van der Waals surface area contributed by atoms with Crippen LogP contribution in [0.5, 0.6) is 11.5 Å². The van der Waals surface area contributed by atoms with E-state index < -0.39 is 5.66 Å². The highest BCUT2D eigenvalue weighted by Gasteiger charge is 2.53. The number of fused-ring (bicyclic) bond motifs is 1. The summed E-state index contributed by atoms with van der Waals surface area (Å²) in [5, 5.41) is 3.95. The van der Waals surface area contributed by atoms with Gasteiger partial charge in [0.1, 0.15) is 0 Å². The number of carbonyl (C=O) groups is 1. The van der Waals surface area contributed by atoms with Crippen molar-refractivity contribution in [2.24, 2.45) is 5.92 Å². The molecule has 1 aromatic heterocycles. The summed E-state index contributed by atoms with van der Waals surface area (Å²) < 4.78 is 10.8. The van der Waals surface area contributed by atoms with E-state index in [0.717, 1.165) is 55.4 Å². The third-order valence-electron chi connectivity index (χ3n) is 5.72. The predicted molar refractivity (Wildman–Crippen MR) is 106 cm³/mol. The summed E-state index contributed by atoms with van der Waals surface area (Å²) >= 11 is 0. The molecule has 7 heteroatoms. The number of ether oxygens (including phenoxy) is 2. The Morgan fingerprint density at radius 2 is 1.93 bits per heavy atom. The first-order chi connectivity index (χ1) is 13.6. The van der Waals surface area contributed by atoms with Crippen molar-refractivity contribution in [3.63, 3.8) is 0 Å². The van der Waals surface area contributed by atoms with Crippen LogP contribution in [0.3, 0.4) is 0 Å². The number of benzene rings is 1. The van der Waals surface area contributed by atoms with Gasteiger partial charge in [-0.2, -0.15) is 0 Å². The average Bonchev–Trinajstić information content (AvgIpc) is 3.52. The lowest BCUT2D eigenvalue weighted by Gasteiger charge is -2.33. The third kappa shape index (κ3) is 3.31. The molecule has 1 N–H and O–H groups in total. The maximum Gasteiger partial charge on any atom is 0.308 e. The maximum absolute atomic E-state index is 12.5. The van der Waals surface area contributed by atoms with Crippen LogP contribution < -0.4 is 19.7 Å². The highest BCUT2D eigenvalue weighted by atomic mass is 16.5. The van der Waals surface area contributed by atoms with E-state index in [9.17, 15) is 4.79 Å². The first-order valence-electron chi connectivity index (χ1n) is 9.55. The number of hydrogen-bond donors (Lipinski definition) is 1. The fourth-order valence-electron chi connectivity index (χ4n) is 3.83. The number of aromatic nitrogens is 1. The lowest BCUT2D eigenvalue weighted by Crippen LogP contribution is -2.44. The summed E-state index contributed by atoms with van der Waals surface area (Å²) in [5.41, 5.74) is 1.33. The van der Waals surface area contributed by atoms with E-state index in [2.05, 4.69) is 20.0 Å². The molecule has 0 bridgehead atoms. The van der Waals surface area contributed by atoms with Crippen molar-refractivity contribution in [2.45, 2.75) is 31.3 Å². The second-order valence-electron chi connectivity index (χ2n) is 7.45. The third-order valence-corrected chi connectivity index (χ3v) is 5.72. The molecule has 1 amide bonds. The molecular formula is C21H24N4O3. The molecule has 0 spiro atoms. The molecule has 2 fully saturated rings. The maximum atomic E-state index is 12.5. The van der Waals surface area contributed by atoms with Gasteiger partial charge in [-0.25, -0.2) is 6.57 Å². The zero-order valence-electron chi connectivity index (χ0n) is 16.2. The fourth-order valence-corrected chi connectivity index (χ4v) is 3.83. The Kier molecular flexibility index (Phi) is 4.71. The van der Waals surface area contributed by atoms with Crippen LogP contribution in [-0.2, 0) is 4.79 Å². The van der Waals surface area contributed by atoms with E-state index in [1.165, 1.54) is 0 Å². The molecule has 2 heterocycles. The van der Waals surface area contributed by atoms with Crippen LogP contribution in [0.25, 0.3) is 15.7 Å². The van der Waals surface area contributed by atoms with Gasteiger partial charge in [-0.05, 0) is 25.0 Å². The first-order valence-corrected chi connectivity index (χ1v) is 9.55. The molecule has 1 aromatic carbocycles. The monoisotopic (exact) mass is 380 g/mol. The number of anilines is 1. The smallest absolute Gasteiger partial charge is 0.308 e. The highest BCUT2D eigenvalue weighted by Crippen LogP contribution is 2.38. The van der Waals surface area contributed by atoms with Gasteiger partial charge in [0.2, 0.25) is 5.91 Å². The van der Waals surface area contributed by atoms with Crippen molar-refractivity contribution in [3.8, 4) is 11.5 Å². The molecule has 2 aromatic rings. The zero-order valence-corrected chi connectivity index (χ0v) is 16.2. The van der Waals surface area contributed by atoms with Gasteiger partial charge < -0.3 is 14.4 Å². The Morgan fingerprint density at radius 3 is 2.54 bits per heavy atom. The van der Waals surface area contributed by atoms with Crippen LogP contribution >= 0.6 is 0 Å². The van der Waals surface area contributed by atoms with Gasteiger partial charge in [0.05, 0.1) is 32.6 Å². The Bertz CT molecular complexity index is 941. The van der Waals surface area contributed by atoms with Gasteiger partial charge in [0, 0.05) is 42.3 Å². The Labute approximate surface area is 164 Å². The number of amides is 1. The molecule has 146 valence electrons. The topological polar surface area (TPSA) is 68.1 Å². The van der Waals surface area contributed by atoms with Gasteiger partial charge in [-0.15, -0.1) is 0 Å². The number of nitrogens with zero attached hydrogens (tertiary/aromatic N) is 3. The van der Waals surface area contributed by atoms with Crippen molar-refractivity contribution in [1.82, 2.24) is 10.3 Å². The Balaban J connectivity index is 1.51. The minimum absolute atomic E-state index is 0.0270. The molecule has 1 saturated carbocycles. The van der Waals surface area contributed by atoms with Gasteiger partial charge in [0.15, 0.2) is 11.5 Å². The number of nitrogens with one attached hydrogen (secondary N) is 1. The number of methoxy groups -OCH3 is 2. The van der Waals surface area contributed by atoms with Crippen molar-refractivity contribution in [3.05, 3.63) is 35.8 Å². The lowest BCUT2D eigenvalue weighted by molar-refractivity contribution is -0.126. The molecular weight excluding hydrogens is 356 g/mol. The standard InChI is InChI=1S/C21H24N4O3/c1-22-21(7-8-21)24-20(26)14-5-10-25(11-6-14)17-4-9-23-16-13-19(28-3)18(27-2)12-15(16)17/h4,9,12-14H,5-8,10-11H2,2-3H3,(H,24,26). The molecule has 1 aliphatic carbocycles. The Hall–Kier alpha value is -3.01. The summed E-state index contributed by atoms with van der Waals surface area (Å²) in [5.74, 6) is 1.33. The minimum Gasteiger partial charge on any atom is -0.493 e. The summed E-state index contributed by atoms with van der Waals surface area (Å²) in [6.45, 7) is 8.81. The second kappa shape index (κ2) is 7.19. The van der Waals surface area contributed by atoms with Crippen LogP contribution in [0.1, 0.15) is 25.7 Å². The van der Waals surface area contributed by atoms with Crippen LogP contribution in [0, 0.1) is 12.5 Å². The van der Waals surface area contributed by atoms with Crippen LogP contribution in [0.2, 0.25) is 0 Å². The van der Waals surface area contributed by atoms with E-state index in [-0.39, 0.29) is 11.8 Å². The molecule has 0 unspecified atom stereocenters. The molecule has 1 saturated heterocycles. The molecule has 7 nitrogen and oxygen atoms in total. The van der Waals surface area contributed by atoms with E-state index >= 15 is 0 Å². The van der Waals surface area contributed by atoms with E-state index in [0.29, 0.717) is 11.5 Å². The quantitative estimate of drug-likeness (QED) is 0.808. The number of carbonyl (C=O) groups excluding carboxylic acids is 1. The molecule has 2 aliphatic rings. The minimum atomic E-state index is -0.606. The van der Waals surface area contributed by atoms with E-state index in [1.807, 2.05) is 18.2 Å². The highest BCUT2D eigenvalue weighted by molar-refractivity contribution is 5.94. The van der Waals surface area contributed by atoms with E-state index in [4.69, 9.17) is 16.0 Å². The van der Waals surface area contributed by atoms with Crippen LogP contribution in [0.4, 0.5) is 5.69 Å². The summed E-state index contributed by atoms with van der Waals surface area (Å²) in [6, 6.07) is 5.85. The Morgan fingerprint density at radius 1 is 1.25 bits per heavy atom. The molecule has 1 aliphatic heterocycles. The number of hydrogen-bond acceptors (Lipinski definition) is 5. The number of pyridine rings is 1. The number of piperidine rings is 1. The predicted octanol–water partition coefficient (Wildman–Crippen LogP) is 2.99. The fraction of sp³-hybridized carbons (Fsp3) is 0.476. The van der Waals surface area contributed by atoms with Crippen LogP contribution in [0.15, 0.2) is 24.4 Å². The van der Waals surface area contributed by atoms with E-state index in [1.54, 1.807) is 20.4 Å².